The van der Waals surface area contributed by atoms with Crippen molar-refractivity contribution in [3.63, 3.8) is 0 Å². The molecule has 0 fully saturated rings. The van der Waals surface area contributed by atoms with Crippen molar-refractivity contribution in [1.82, 2.24) is 9.97 Å². The number of benzene rings is 1. The fraction of sp³-hybridized carbons (Fsp3) is 0.500. The molecule has 0 N–H and O–H groups in total. The van der Waals surface area contributed by atoms with Crippen LogP contribution in [0.4, 0.5) is 0 Å². The molecule has 0 bridgehead atoms. The van der Waals surface area contributed by atoms with Crippen LogP contribution in [0.15, 0.2) is 30.3 Å². The van der Waals surface area contributed by atoms with Crippen LogP contribution in [0.3, 0.4) is 0 Å². The van der Waals surface area contributed by atoms with Gasteiger partial charge >= 0.3 is 0 Å². The summed E-state index contributed by atoms with van der Waals surface area (Å²) in [6.07, 6.45) is 4.40. The first-order valence-electron chi connectivity index (χ1n) is 8.84. The largest absolute Gasteiger partial charge is 0.228 e. The van der Waals surface area contributed by atoms with E-state index < -0.39 is 0 Å². The molecule has 0 amide bonds. The molecule has 24 heavy (non-hydrogen) atoms. The predicted octanol–water partition coefficient (Wildman–Crippen LogP) is 6.25. The average molecular weight is 359 g/mol. The molecule has 1 aromatic carbocycles. The van der Waals surface area contributed by atoms with Gasteiger partial charge in [0.15, 0.2) is 9.66 Å². The third kappa shape index (κ3) is 3.70. The van der Waals surface area contributed by atoms with Gasteiger partial charge in [-0.15, -0.1) is 0 Å². The third-order valence-electron chi connectivity index (χ3n) is 4.97. The van der Waals surface area contributed by atoms with Crippen molar-refractivity contribution in [2.45, 2.75) is 58.8 Å². The van der Waals surface area contributed by atoms with Crippen molar-refractivity contribution in [3.8, 4) is 0 Å². The highest BCUT2D eigenvalue weighted by Crippen LogP contribution is 2.38. The first-order valence-corrected chi connectivity index (χ1v) is 10.5. The Hall–Kier alpha value is -1.26. The number of hydrogen-bond acceptors (Lipinski definition) is 4. The monoisotopic (exact) mass is 358 g/mol. The van der Waals surface area contributed by atoms with E-state index in [1.54, 1.807) is 22.7 Å². The number of rotatable bonds is 7. The van der Waals surface area contributed by atoms with Gasteiger partial charge in [-0.25, -0.2) is 9.97 Å². The Balaban J connectivity index is 1.85. The van der Waals surface area contributed by atoms with Gasteiger partial charge in [-0.05, 0) is 24.3 Å². The molecule has 4 heteroatoms. The minimum atomic E-state index is 0.0866. The van der Waals surface area contributed by atoms with Crippen molar-refractivity contribution >= 4 is 32.3 Å². The second kappa shape index (κ2) is 7.32. The molecule has 0 spiro atoms. The summed E-state index contributed by atoms with van der Waals surface area (Å²) < 4.78 is 0. The molecular formula is C20H26N2S2. The summed E-state index contributed by atoms with van der Waals surface area (Å²) in [6.45, 7) is 9.14. The van der Waals surface area contributed by atoms with E-state index >= 15 is 0 Å². The van der Waals surface area contributed by atoms with Crippen LogP contribution in [0.5, 0.6) is 0 Å². The van der Waals surface area contributed by atoms with Gasteiger partial charge in [0.25, 0.3) is 0 Å². The summed E-state index contributed by atoms with van der Waals surface area (Å²) in [5.74, 6) is 0.698. The molecule has 2 unspecified atom stereocenters. The molecule has 2 atom stereocenters. The molecule has 128 valence electrons. The zero-order valence-electron chi connectivity index (χ0n) is 15.0. The van der Waals surface area contributed by atoms with Crippen LogP contribution in [0.2, 0.25) is 0 Å². The van der Waals surface area contributed by atoms with Crippen molar-refractivity contribution in [2.24, 2.45) is 5.92 Å². The van der Waals surface area contributed by atoms with E-state index in [1.165, 1.54) is 22.0 Å². The number of thiazole rings is 2. The van der Waals surface area contributed by atoms with Crippen molar-refractivity contribution in [1.29, 1.82) is 0 Å². The van der Waals surface area contributed by atoms with E-state index in [1.807, 2.05) is 0 Å². The van der Waals surface area contributed by atoms with E-state index in [2.05, 4.69) is 58.0 Å². The van der Waals surface area contributed by atoms with Gasteiger partial charge in [0.2, 0.25) is 0 Å². The van der Waals surface area contributed by atoms with E-state index in [-0.39, 0.29) is 5.41 Å². The van der Waals surface area contributed by atoms with Crippen molar-refractivity contribution in [3.05, 3.63) is 45.9 Å². The molecule has 0 saturated heterocycles. The summed E-state index contributed by atoms with van der Waals surface area (Å²) in [7, 11) is 0. The van der Waals surface area contributed by atoms with Crippen molar-refractivity contribution in [2.75, 3.05) is 0 Å². The number of nitrogens with zero attached hydrogens (tertiary/aromatic N) is 2. The fourth-order valence-electron chi connectivity index (χ4n) is 2.87. The van der Waals surface area contributed by atoms with Crippen LogP contribution in [0.25, 0.3) is 9.66 Å². The highest BCUT2D eigenvalue weighted by Gasteiger charge is 2.29. The van der Waals surface area contributed by atoms with Crippen molar-refractivity contribution < 1.29 is 0 Å². The predicted molar refractivity (Wildman–Crippen MR) is 106 cm³/mol. The van der Waals surface area contributed by atoms with Crippen LogP contribution in [-0.2, 0) is 18.3 Å². The van der Waals surface area contributed by atoms with E-state index in [9.17, 15) is 0 Å². The number of fused-ring (bicyclic) bond motifs is 1. The van der Waals surface area contributed by atoms with Gasteiger partial charge in [0.05, 0.1) is 5.01 Å². The lowest BCUT2D eigenvalue weighted by Gasteiger charge is -2.25. The van der Waals surface area contributed by atoms with Crippen LogP contribution in [0, 0.1) is 5.92 Å². The molecule has 2 nitrogen and oxygen atoms in total. The summed E-state index contributed by atoms with van der Waals surface area (Å²) in [5, 5.41) is 2.48. The Kier molecular flexibility index (Phi) is 5.36. The standard InChI is InChI=1S/C20H26N2S2/c1-5-14(3)12-16-21-17-18(23-16)22-19(24-17)20(4,6-2)13-15-10-8-7-9-11-15/h7-11,14H,5-6,12-13H2,1-4H3. The summed E-state index contributed by atoms with van der Waals surface area (Å²) in [6, 6.07) is 10.7. The topological polar surface area (TPSA) is 25.8 Å². The van der Waals surface area contributed by atoms with Crippen LogP contribution in [-0.4, -0.2) is 9.97 Å². The van der Waals surface area contributed by atoms with E-state index in [0.29, 0.717) is 5.92 Å². The molecule has 0 radical (unpaired) electrons. The zero-order valence-corrected chi connectivity index (χ0v) is 16.6. The first kappa shape index (κ1) is 17.6. The van der Waals surface area contributed by atoms with Crippen LogP contribution < -0.4 is 0 Å². The minimum absolute atomic E-state index is 0.0866. The molecular weight excluding hydrogens is 332 g/mol. The van der Waals surface area contributed by atoms with E-state index in [0.717, 1.165) is 28.9 Å². The Morgan fingerprint density at radius 2 is 1.75 bits per heavy atom. The normalized spacial score (nSPS) is 15.5. The second-order valence-corrected chi connectivity index (χ2v) is 9.07. The Morgan fingerprint density at radius 3 is 2.38 bits per heavy atom. The maximum absolute atomic E-state index is 4.98. The smallest absolute Gasteiger partial charge is 0.155 e. The van der Waals surface area contributed by atoms with Gasteiger partial charge in [-0.3, -0.25) is 0 Å². The maximum atomic E-state index is 4.98. The Bertz CT molecular complexity index is 759. The van der Waals surface area contributed by atoms with Crippen LogP contribution >= 0.6 is 22.7 Å². The molecule has 2 aromatic heterocycles. The molecule has 3 rings (SSSR count). The van der Waals surface area contributed by atoms with Gasteiger partial charge in [0.1, 0.15) is 5.01 Å². The molecule has 0 saturated carbocycles. The molecule has 0 aliphatic heterocycles. The highest BCUT2D eigenvalue weighted by atomic mass is 32.1. The van der Waals surface area contributed by atoms with Crippen LogP contribution in [0.1, 0.15) is 56.1 Å². The summed E-state index contributed by atoms with van der Waals surface area (Å²) >= 11 is 3.57. The van der Waals surface area contributed by atoms with Gasteiger partial charge in [0, 0.05) is 11.8 Å². The zero-order chi connectivity index (χ0) is 17.2. The Labute approximate surface area is 153 Å². The summed E-state index contributed by atoms with van der Waals surface area (Å²) in [4.78, 5) is 12.1. The molecule has 0 aliphatic carbocycles. The minimum Gasteiger partial charge on any atom is -0.228 e. The maximum Gasteiger partial charge on any atom is 0.155 e. The second-order valence-electron chi connectivity index (χ2n) is 7.03. The first-order chi connectivity index (χ1) is 11.5. The molecule has 0 aliphatic rings. The average Bonchev–Trinajstić information content (AvgIpc) is 3.14. The lowest BCUT2D eigenvalue weighted by atomic mass is 9.82. The van der Waals surface area contributed by atoms with Gasteiger partial charge < -0.3 is 0 Å². The summed E-state index contributed by atoms with van der Waals surface area (Å²) in [5.41, 5.74) is 1.47. The fourth-order valence-corrected chi connectivity index (χ4v) is 5.30. The number of hydrogen-bond donors (Lipinski definition) is 0. The third-order valence-corrected chi connectivity index (χ3v) is 7.33. The van der Waals surface area contributed by atoms with Gasteiger partial charge in [-0.2, -0.15) is 0 Å². The number of aromatic nitrogens is 2. The highest BCUT2D eigenvalue weighted by molar-refractivity contribution is 7.26. The lowest BCUT2D eigenvalue weighted by Crippen LogP contribution is -2.23. The SMILES string of the molecule is CCC(C)Cc1nc2sc(C(C)(CC)Cc3ccccc3)nc2s1. The molecule has 3 aromatic rings. The molecule has 2 heterocycles. The lowest BCUT2D eigenvalue weighted by molar-refractivity contribution is 0.450. The Morgan fingerprint density at radius 1 is 1.04 bits per heavy atom. The van der Waals surface area contributed by atoms with E-state index in [4.69, 9.17) is 9.97 Å². The quantitative estimate of drug-likeness (QED) is 0.499. The van der Waals surface area contributed by atoms with Gasteiger partial charge in [-0.1, -0.05) is 87.1 Å².